The number of phenols is 1. The number of ether oxygens (including phenoxy) is 4. The molecule has 39 heavy (non-hydrogen) atoms. The number of phenolic OH excluding ortho intramolecular Hbond substituents is 1. The van der Waals surface area contributed by atoms with Crippen molar-refractivity contribution in [1.82, 2.24) is 14.9 Å². The molecule has 0 radical (unpaired) electrons. The van der Waals surface area contributed by atoms with Crippen LogP contribution in [0.1, 0.15) is 12.5 Å². The molecule has 0 atom stereocenters. The Labute approximate surface area is 230 Å². The molecule has 2 aromatic carbocycles. The SMILES string of the molecule is CCOc1ccccc1-c1sc2c(NN=Cc3ccc(OC)c(O)c3)ncnc2c1OCCN1CCOCC1. The van der Waals surface area contributed by atoms with E-state index in [0.717, 1.165) is 53.7 Å². The molecule has 5 rings (SSSR count). The first-order valence-corrected chi connectivity index (χ1v) is 13.6. The largest absolute Gasteiger partial charge is 0.504 e. The molecule has 0 aliphatic carbocycles. The summed E-state index contributed by atoms with van der Waals surface area (Å²) in [6.07, 6.45) is 3.10. The smallest absolute Gasteiger partial charge is 0.167 e. The number of benzene rings is 2. The number of para-hydroxylation sites is 1. The third-order valence-corrected chi connectivity index (χ3v) is 7.41. The summed E-state index contributed by atoms with van der Waals surface area (Å²) in [5.74, 6) is 2.48. The Morgan fingerprint density at radius 3 is 2.77 bits per heavy atom. The lowest BCUT2D eigenvalue weighted by atomic mass is 10.1. The van der Waals surface area contributed by atoms with Crippen molar-refractivity contribution in [2.75, 3.05) is 58.6 Å². The summed E-state index contributed by atoms with van der Waals surface area (Å²) in [4.78, 5) is 12.3. The predicted molar refractivity (Wildman–Crippen MR) is 153 cm³/mol. The van der Waals surface area contributed by atoms with Crippen LogP contribution in [0.3, 0.4) is 0 Å². The van der Waals surface area contributed by atoms with Crippen molar-refractivity contribution in [2.45, 2.75) is 6.92 Å². The minimum Gasteiger partial charge on any atom is -0.504 e. The van der Waals surface area contributed by atoms with E-state index in [1.165, 1.54) is 24.8 Å². The second-order valence-electron chi connectivity index (χ2n) is 8.69. The highest BCUT2D eigenvalue weighted by atomic mass is 32.1. The van der Waals surface area contributed by atoms with Crippen LogP contribution in [0.5, 0.6) is 23.0 Å². The van der Waals surface area contributed by atoms with E-state index in [4.69, 9.17) is 18.9 Å². The van der Waals surface area contributed by atoms with Gasteiger partial charge in [0.2, 0.25) is 0 Å². The highest BCUT2D eigenvalue weighted by molar-refractivity contribution is 7.23. The van der Waals surface area contributed by atoms with Crippen molar-refractivity contribution < 1.29 is 24.1 Å². The van der Waals surface area contributed by atoms with E-state index >= 15 is 0 Å². The minimum atomic E-state index is 0.0422. The third kappa shape index (κ3) is 6.22. The summed E-state index contributed by atoms with van der Waals surface area (Å²) < 4.78 is 23.7. The molecule has 1 aliphatic rings. The normalized spacial score (nSPS) is 14.1. The Morgan fingerprint density at radius 2 is 1.97 bits per heavy atom. The van der Waals surface area contributed by atoms with Gasteiger partial charge in [-0.05, 0) is 42.8 Å². The minimum absolute atomic E-state index is 0.0422. The number of hydrogen-bond donors (Lipinski definition) is 2. The van der Waals surface area contributed by atoms with Crippen molar-refractivity contribution in [3.05, 3.63) is 54.4 Å². The van der Waals surface area contributed by atoms with E-state index in [1.807, 2.05) is 31.2 Å². The van der Waals surface area contributed by atoms with Gasteiger partial charge in [0.1, 0.15) is 28.9 Å². The van der Waals surface area contributed by atoms with Crippen molar-refractivity contribution in [2.24, 2.45) is 5.10 Å². The van der Waals surface area contributed by atoms with Crippen LogP contribution >= 0.6 is 11.3 Å². The molecule has 1 fully saturated rings. The van der Waals surface area contributed by atoms with Crippen LogP contribution in [0.4, 0.5) is 5.82 Å². The molecule has 0 unspecified atom stereocenters. The maximum Gasteiger partial charge on any atom is 0.167 e. The van der Waals surface area contributed by atoms with Crippen LogP contribution in [0.2, 0.25) is 0 Å². The summed E-state index contributed by atoms with van der Waals surface area (Å²) in [6.45, 7) is 7.11. The average molecular weight is 550 g/mol. The van der Waals surface area contributed by atoms with Crippen LogP contribution in [-0.4, -0.2) is 79.4 Å². The molecule has 0 saturated carbocycles. The van der Waals surface area contributed by atoms with Gasteiger partial charge in [-0.2, -0.15) is 5.10 Å². The van der Waals surface area contributed by atoms with Crippen LogP contribution in [0.25, 0.3) is 20.7 Å². The van der Waals surface area contributed by atoms with Gasteiger partial charge in [-0.15, -0.1) is 11.3 Å². The van der Waals surface area contributed by atoms with Crippen LogP contribution in [0.15, 0.2) is 53.9 Å². The second-order valence-corrected chi connectivity index (χ2v) is 9.71. The maximum atomic E-state index is 10.0. The Bertz CT molecular complexity index is 1440. The van der Waals surface area contributed by atoms with Gasteiger partial charge in [0.05, 0.1) is 38.0 Å². The number of hydrogen-bond acceptors (Lipinski definition) is 11. The fourth-order valence-electron chi connectivity index (χ4n) is 4.27. The van der Waals surface area contributed by atoms with Gasteiger partial charge < -0.3 is 24.1 Å². The van der Waals surface area contributed by atoms with Crippen molar-refractivity contribution in [3.8, 4) is 33.4 Å². The second kappa shape index (κ2) is 12.7. The number of aromatic nitrogens is 2. The van der Waals surface area contributed by atoms with Gasteiger partial charge in [0, 0.05) is 25.2 Å². The van der Waals surface area contributed by atoms with E-state index in [2.05, 4.69) is 25.4 Å². The lowest BCUT2D eigenvalue weighted by Gasteiger charge is -2.26. The first-order valence-electron chi connectivity index (χ1n) is 12.8. The Morgan fingerprint density at radius 1 is 1.13 bits per heavy atom. The maximum absolute atomic E-state index is 10.0. The molecule has 2 aromatic heterocycles. The molecule has 4 aromatic rings. The molecule has 1 aliphatic heterocycles. The standard InChI is InChI=1S/C28H31N5O5S/c1-3-37-22-7-5-4-6-20(22)26-25(38-15-12-33-10-13-36-14-11-33)24-27(39-26)28(30-18-29-24)32-31-17-19-8-9-23(35-2)21(34)16-19/h4-9,16-18,34H,3,10-15H2,1-2H3,(H,29,30,32). The van der Waals surface area contributed by atoms with E-state index in [-0.39, 0.29) is 5.75 Å². The van der Waals surface area contributed by atoms with Gasteiger partial charge in [0.25, 0.3) is 0 Å². The third-order valence-electron chi connectivity index (χ3n) is 6.21. The predicted octanol–water partition coefficient (Wildman–Crippen LogP) is 4.63. The number of rotatable bonds is 11. The van der Waals surface area contributed by atoms with E-state index in [0.29, 0.717) is 41.6 Å². The van der Waals surface area contributed by atoms with Gasteiger partial charge in [0.15, 0.2) is 23.1 Å². The summed E-state index contributed by atoms with van der Waals surface area (Å²) in [5.41, 5.74) is 5.38. The molecule has 0 bridgehead atoms. The van der Waals surface area contributed by atoms with E-state index < -0.39 is 0 Å². The van der Waals surface area contributed by atoms with Crippen LogP contribution in [0, 0.1) is 0 Å². The molecule has 2 N–H and O–H groups in total. The molecule has 0 amide bonds. The molecule has 1 saturated heterocycles. The van der Waals surface area contributed by atoms with Gasteiger partial charge in [-0.1, -0.05) is 12.1 Å². The van der Waals surface area contributed by atoms with Gasteiger partial charge in [-0.3, -0.25) is 10.3 Å². The number of nitrogens with one attached hydrogen (secondary N) is 1. The number of methoxy groups -OCH3 is 1. The molecular weight excluding hydrogens is 518 g/mol. The number of anilines is 1. The highest BCUT2D eigenvalue weighted by Gasteiger charge is 2.22. The number of morpholine rings is 1. The topological polar surface area (TPSA) is 111 Å². The van der Waals surface area contributed by atoms with E-state index in [9.17, 15) is 5.11 Å². The zero-order valence-corrected chi connectivity index (χ0v) is 22.7. The number of thiophene rings is 1. The quantitative estimate of drug-likeness (QED) is 0.204. The number of nitrogens with zero attached hydrogens (tertiary/aromatic N) is 4. The highest BCUT2D eigenvalue weighted by Crippen LogP contribution is 2.48. The Hall–Kier alpha value is -3.93. The summed E-state index contributed by atoms with van der Waals surface area (Å²) >= 11 is 1.53. The molecule has 204 valence electrons. The summed E-state index contributed by atoms with van der Waals surface area (Å²) in [5, 5.41) is 14.4. The molecule has 3 heterocycles. The molecule has 10 nitrogen and oxygen atoms in total. The summed E-state index contributed by atoms with van der Waals surface area (Å²) in [7, 11) is 1.51. The molecular formula is C28H31N5O5S. The molecule has 0 spiro atoms. The van der Waals surface area contributed by atoms with Crippen molar-refractivity contribution in [3.63, 3.8) is 0 Å². The Balaban J connectivity index is 1.45. The first-order chi connectivity index (χ1) is 19.2. The zero-order valence-electron chi connectivity index (χ0n) is 21.9. The fourth-order valence-corrected chi connectivity index (χ4v) is 5.44. The lowest BCUT2D eigenvalue weighted by molar-refractivity contribution is 0.0324. The van der Waals surface area contributed by atoms with Gasteiger partial charge in [-0.25, -0.2) is 9.97 Å². The number of fused-ring (bicyclic) bond motifs is 1. The number of hydrazone groups is 1. The Kier molecular flexibility index (Phi) is 8.71. The monoisotopic (exact) mass is 549 g/mol. The van der Waals surface area contributed by atoms with Crippen LogP contribution < -0.4 is 19.6 Å². The number of aromatic hydroxyl groups is 1. The summed E-state index contributed by atoms with van der Waals surface area (Å²) in [6, 6.07) is 13.0. The zero-order chi connectivity index (χ0) is 27.0. The first kappa shape index (κ1) is 26.7. The van der Waals surface area contributed by atoms with Crippen molar-refractivity contribution >= 4 is 33.6 Å². The average Bonchev–Trinajstić information content (AvgIpc) is 3.33. The van der Waals surface area contributed by atoms with E-state index in [1.54, 1.807) is 24.4 Å². The molecule has 11 heteroatoms. The lowest BCUT2D eigenvalue weighted by Crippen LogP contribution is -2.38. The fraction of sp³-hybridized carbons (Fsp3) is 0.321. The van der Waals surface area contributed by atoms with Crippen LogP contribution in [-0.2, 0) is 4.74 Å². The van der Waals surface area contributed by atoms with Gasteiger partial charge >= 0.3 is 0 Å². The van der Waals surface area contributed by atoms with Crippen molar-refractivity contribution in [1.29, 1.82) is 0 Å².